The van der Waals surface area contributed by atoms with Crippen LogP contribution in [0.25, 0.3) is 39.1 Å². The standard InChI is InChI=1S/C49H59N9O6/c1-26(2)41(53-48(61)63-5)46(59)57-21-7-9-37(57)36-24-33(25-50-36)28-11-17-31(18-12-28)43-39-29-13-15-30(16-14-29)40(39)44(56-55-43)32-19-20-34-35(23-32)52-45(51-34)38-10-8-22-58(38)47(60)42(27(3)4)54-49(62)64-6/h11-12,17-20,23,25-27,29-30,37-38,41-42H,7-10,13-16,21-22,24H2,1-6H3,(H,51,52)(H,53,61)(H,54,62)/t29?,30?,37-,38-,41-,42-/m0/s1/i3D3,4D3,26D,27D,41D,42D. The number of methoxy groups -OCH3 is 2. The molecule has 2 bridgehead atoms. The molecule has 15 heteroatoms. The molecule has 3 aliphatic carbocycles. The average molecular weight is 880 g/mol. The van der Waals surface area contributed by atoms with Gasteiger partial charge < -0.3 is 34.9 Å². The minimum Gasteiger partial charge on any atom is -0.453 e. The summed E-state index contributed by atoms with van der Waals surface area (Å²) in [5.74, 6) is -6.76. The summed E-state index contributed by atoms with van der Waals surface area (Å²) in [5, 5.41) is 13.9. The fourth-order valence-corrected chi connectivity index (χ4v) is 10.2. The number of rotatable bonds is 11. The average Bonchev–Trinajstić information content (AvgIpc) is 4.21. The summed E-state index contributed by atoms with van der Waals surface area (Å²) in [6.45, 7) is -4.33. The Bertz CT molecular complexity index is 2950. The highest BCUT2D eigenvalue weighted by atomic mass is 16.5. The highest BCUT2D eigenvalue weighted by Gasteiger charge is 2.41. The van der Waals surface area contributed by atoms with Gasteiger partial charge in [0.05, 0.1) is 51.5 Å². The number of H-pyrrole nitrogens is 1. The number of aliphatic imine (C=N–C) groups is 1. The third-order valence-corrected chi connectivity index (χ3v) is 13.4. The number of alkyl carbamates (subject to hydrolysis) is 2. The Kier molecular flexibility index (Phi) is 9.05. The number of carbonyl (C=O) groups excluding carboxylic acids is 4. The Balaban J connectivity index is 0.963. The molecule has 0 unspecified atom stereocenters. The number of nitrogens with zero attached hydrogens (tertiary/aromatic N) is 6. The van der Waals surface area contributed by atoms with Gasteiger partial charge in [-0.2, -0.15) is 0 Å². The second kappa shape index (κ2) is 17.8. The number of hydrogen-bond acceptors (Lipinski definition) is 10. The first-order valence-electron chi connectivity index (χ1n) is 26.9. The molecule has 4 aromatic rings. The van der Waals surface area contributed by atoms with E-state index in [0.717, 1.165) is 89.7 Å². The van der Waals surface area contributed by atoms with Gasteiger partial charge in [0, 0.05) is 53.5 Å². The predicted octanol–water partition coefficient (Wildman–Crippen LogP) is 8.04. The number of aromatic amines is 1. The van der Waals surface area contributed by atoms with Gasteiger partial charge in [0.2, 0.25) is 11.8 Å². The van der Waals surface area contributed by atoms with E-state index in [1.54, 1.807) is 11.1 Å². The third kappa shape index (κ3) is 8.02. The molecule has 1 saturated carbocycles. The second-order valence-corrected chi connectivity index (χ2v) is 17.3. The molecular formula is C49H59N9O6. The van der Waals surface area contributed by atoms with Crippen molar-refractivity contribution in [2.75, 3.05) is 27.3 Å². The fraction of sp³-hybridized carbons (Fsp3) is 0.510. The molecule has 3 N–H and O–H groups in total. The Morgan fingerprint density at radius 1 is 0.750 bits per heavy atom. The van der Waals surface area contributed by atoms with Crippen LogP contribution in [0.2, 0.25) is 0 Å². The second-order valence-electron chi connectivity index (χ2n) is 17.3. The first-order valence-corrected chi connectivity index (χ1v) is 21.9. The van der Waals surface area contributed by atoms with E-state index in [2.05, 4.69) is 15.0 Å². The minimum absolute atomic E-state index is 0.0377. The normalized spacial score (nSPS) is 26.4. The molecule has 15 nitrogen and oxygen atoms in total. The molecule has 6 aliphatic rings. The van der Waals surface area contributed by atoms with Gasteiger partial charge in [-0.1, -0.05) is 57.9 Å². The molecule has 336 valence electrons. The number of hydrogen-bond donors (Lipinski definition) is 3. The van der Waals surface area contributed by atoms with Crippen LogP contribution >= 0.6 is 0 Å². The van der Waals surface area contributed by atoms with Crippen LogP contribution in [-0.2, 0) is 19.1 Å². The van der Waals surface area contributed by atoms with E-state index in [1.807, 2.05) is 47.8 Å². The Morgan fingerprint density at radius 3 is 1.89 bits per heavy atom. The maximum absolute atomic E-state index is 14.4. The lowest BCUT2D eigenvalue weighted by atomic mass is 9.65. The maximum atomic E-state index is 14.4. The molecule has 0 radical (unpaired) electrons. The van der Waals surface area contributed by atoms with Crippen LogP contribution < -0.4 is 10.6 Å². The summed E-state index contributed by atoms with van der Waals surface area (Å²) in [7, 11) is 2.05. The molecule has 2 aromatic carbocycles. The molecule has 10 rings (SSSR count). The largest absolute Gasteiger partial charge is 0.453 e. The van der Waals surface area contributed by atoms with E-state index in [0.29, 0.717) is 49.7 Å². The van der Waals surface area contributed by atoms with Crippen LogP contribution in [0.1, 0.15) is 139 Å². The number of ether oxygens (including phenoxy) is 2. The lowest BCUT2D eigenvalue weighted by Gasteiger charge is -2.40. The van der Waals surface area contributed by atoms with Crippen molar-refractivity contribution in [3.63, 3.8) is 0 Å². The van der Waals surface area contributed by atoms with Gasteiger partial charge in [0.15, 0.2) is 0 Å². The highest BCUT2D eigenvalue weighted by molar-refractivity contribution is 6.04. The molecule has 5 heterocycles. The number of amides is 4. The van der Waals surface area contributed by atoms with Gasteiger partial charge in [-0.25, -0.2) is 14.6 Å². The van der Waals surface area contributed by atoms with Crippen molar-refractivity contribution in [1.82, 2.24) is 40.6 Å². The number of benzene rings is 2. The van der Waals surface area contributed by atoms with Crippen molar-refractivity contribution in [3.05, 3.63) is 71.2 Å². The maximum Gasteiger partial charge on any atom is 0.407 e. The molecular weight excluding hydrogens is 811 g/mol. The molecule has 3 fully saturated rings. The van der Waals surface area contributed by atoms with Crippen LogP contribution in [0, 0.1) is 11.8 Å². The monoisotopic (exact) mass is 880 g/mol. The molecule has 64 heavy (non-hydrogen) atoms. The Labute approximate surface area is 387 Å². The summed E-state index contributed by atoms with van der Waals surface area (Å²) in [6.07, 6.45) is 5.91. The van der Waals surface area contributed by atoms with Crippen molar-refractivity contribution < 1.29 is 42.4 Å². The Hall–Kier alpha value is -6.12. The number of nitrogens with one attached hydrogen (secondary N) is 3. The van der Waals surface area contributed by atoms with Gasteiger partial charge in [0.25, 0.3) is 0 Å². The van der Waals surface area contributed by atoms with Crippen LogP contribution in [0.15, 0.2) is 53.7 Å². The van der Waals surface area contributed by atoms with Crippen LogP contribution in [0.4, 0.5) is 9.59 Å². The van der Waals surface area contributed by atoms with Crippen molar-refractivity contribution in [1.29, 1.82) is 0 Å². The van der Waals surface area contributed by atoms with E-state index in [9.17, 15) is 19.2 Å². The van der Waals surface area contributed by atoms with Crippen molar-refractivity contribution in [2.24, 2.45) is 16.8 Å². The molecule has 2 aromatic heterocycles. The van der Waals surface area contributed by atoms with E-state index < -0.39 is 73.6 Å². The van der Waals surface area contributed by atoms with Crippen LogP contribution in [0.3, 0.4) is 0 Å². The van der Waals surface area contributed by atoms with Crippen molar-refractivity contribution in [3.8, 4) is 22.5 Å². The summed E-state index contributed by atoms with van der Waals surface area (Å²) in [4.78, 5) is 68.6. The zero-order valence-corrected chi connectivity index (χ0v) is 36.3. The van der Waals surface area contributed by atoms with Gasteiger partial charge in [0.1, 0.15) is 17.9 Å². The summed E-state index contributed by atoms with van der Waals surface area (Å²) >= 11 is 0. The van der Waals surface area contributed by atoms with Crippen LogP contribution in [-0.4, -0.2) is 105 Å². The minimum atomic E-state index is -3.81. The van der Waals surface area contributed by atoms with E-state index in [4.69, 9.17) is 38.6 Å². The smallest absolute Gasteiger partial charge is 0.407 e. The zero-order valence-electron chi connectivity index (χ0n) is 46.3. The highest BCUT2D eigenvalue weighted by Crippen LogP contribution is 2.54. The number of carbonyl (C=O) groups is 4. The summed E-state index contributed by atoms with van der Waals surface area (Å²) in [5.41, 5.74) is 9.39. The van der Waals surface area contributed by atoms with E-state index >= 15 is 0 Å². The van der Waals surface area contributed by atoms with Crippen molar-refractivity contribution in [2.45, 2.75) is 121 Å². The lowest BCUT2D eigenvalue weighted by Crippen LogP contribution is -2.53. The number of imidazole rings is 1. The number of fused-ring (bicyclic) bond motifs is 3. The van der Waals surface area contributed by atoms with Gasteiger partial charge in [-0.05, 0) is 109 Å². The van der Waals surface area contributed by atoms with E-state index in [-0.39, 0.29) is 24.2 Å². The Morgan fingerprint density at radius 2 is 1.30 bits per heavy atom. The van der Waals surface area contributed by atoms with Crippen molar-refractivity contribution >= 4 is 46.3 Å². The number of aromatic nitrogens is 4. The van der Waals surface area contributed by atoms with E-state index in [1.165, 1.54) is 19.4 Å². The molecule has 0 spiro atoms. The first-order chi connectivity index (χ1) is 34.8. The quantitative estimate of drug-likeness (QED) is 0.134. The summed E-state index contributed by atoms with van der Waals surface area (Å²) in [6, 6.07) is 6.66. The molecule has 3 aliphatic heterocycles. The van der Waals surface area contributed by atoms with Gasteiger partial charge in [-0.3, -0.25) is 14.6 Å². The SMILES string of the molecule is [2H]C([2H])([2H])C([2H])(C([2H])([2H])[2H])[C@]([2H])(NC(=O)OC)C(=O)N1CCC[C@H]1c1nc2ccc(-c3nnc(-c4ccc(C5=CN=C([C@@H]6CCCN6C(=O)[C@@]([2H])(NC(=O)OC)C([2H])(C)C)C5)cc4)c4c3C3CCC4CC3)cc2[nH]1. The molecule has 2 saturated heterocycles. The van der Waals surface area contributed by atoms with Gasteiger partial charge >= 0.3 is 12.2 Å². The molecule has 4 amide bonds. The number of likely N-dealkylation sites (tertiary alicyclic amines) is 2. The third-order valence-electron chi connectivity index (χ3n) is 13.4. The number of allylic oxidation sites excluding steroid dienone is 1. The topological polar surface area (TPSA) is 184 Å². The molecule has 4 atom stereocenters. The first kappa shape index (κ1) is 32.5. The predicted molar refractivity (Wildman–Crippen MR) is 243 cm³/mol. The fourth-order valence-electron chi connectivity index (χ4n) is 10.2. The lowest BCUT2D eigenvalue weighted by molar-refractivity contribution is -0.135. The van der Waals surface area contributed by atoms with Crippen LogP contribution in [0.5, 0.6) is 0 Å². The zero-order chi connectivity index (χ0) is 53.5. The summed E-state index contributed by atoms with van der Waals surface area (Å²) < 4.78 is 93.0. The van der Waals surface area contributed by atoms with Gasteiger partial charge in [-0.15, -0.1) is 10.2 Å².